The number of ether oxygens (including phenoxy) is 2. The van der Waals surface area contributed by atoms with E-state index in [1.165, 1.54) is 12.8 Å². The van der Waals surface area contributed by atoms with Crippen molar-refractivity contribution in [3.63, 3.8) is 0 Å². The van der Waals surface area contributed by atoms with Gasteiger partial charge < -0.3 is 9.47 Å². The van der Waals surface area contributed by atoms with Crippen LogP contribution in [0, 0.1) is 0 Å². The summed E-state index contributed by atoms with van der Waals surface area (Å²) < 4.78 is 10.7. The van der Waals surface area contributed by atoms with E-state index in [9.17, 15) is 0 Å². The Morgan fingerprint density at radius 3 is 2.50 bits per heavy atom. The van der Waals surface area contributed by atoms with Gasteiger partial charge in [-0.15, -0.1) is 0 Å². The lowest BCUT2D eigenvalue weighted by Gasteiger charge is -2.06. The van der Waals surface area contributed by atoms with Crippen molar-refractivity contribution in [3.8, 4) is 0 Å². The van der Waals surface area contributed by atoms with E-state index in [0.29, 0.717) is 12.2 Å². The fourth-order valence-electron chi connectivity index (χ4n) is 0.733. The van der Waals surface area contributed by atoms with Crippen LogP contribution in [0.2, 0.25) is 0 Å². The largest absolute Gasteiger partial charge is 0.376 e. The van der Waals surface area contributed by atoms with Gasteiger partial charge in [-0.05, 0) is 26.7 Å². The summed E-state index contributed by atoms with van der Waals surface area (Å²) in [6.45, 7) is 5.59. The Labute approximate surface area is 62.5 Å². The van der Waals surface area contributed by atoms with E-state index in [-0.39, 0.29) is 0 Å². The highest BCUT2D eigenvalue weighted by molar-refractivity contribution is 4.72. The Morgan fingerprint density at radius 1 is 1.30 bits per heavy atom. The van der Waals surface area contributed by atoms with Gasteiger partial charge in [0, 0.05) is 0 Å². The lowest BCUT2D eigenvalue weighted by molar-refractivity contribution is 0.0140. The molecule has 0 aromatic heterocycles. The van der Waals surface area contributed by atoms with E-state index in [4.69, 9.17) is 9.47 Å². The quantitative estimate of drug-likeness (QED) is 0.545. The van der Waals surface area contributed by atoms with Gasteiger partial charge in [0.1, 0.15) is 0 Å². The van der Waals surface area contributed by atoms with E-state index < -0.39 is 0 Å². The van der Waals surface area contributed by atoms with Gasteiger partial charge >= 0.3 is 0 Å². The van der Waals surface area contributed by atoms with Crippen LogP contribution in [0.25, 0.3) is 0 Å². The molecule has 10 heavy (non-hydrogen) atoms. The van der Waals surface area contributed by atoms with Gasteiger partial charge in [-0.25, -0.2) is 0 Å². The van der Waals surface area contributed by atoms with Gasteiger partial charge in [0.05, 0.1) is 25.4 Å². The van der Waals surface area contributed by atoms with Crippen LogP contribution in [-0.2, 0) is 9.47 Å². The van der Waals surface area contributed by atoms with Crippen molar-refractivity contribution in [3.05, 3.63) is 0 Å². The molecular weight excluding hydrogens is 128 g/mol. The van der Waals surface area contributed by atoms with E-state index in [1.54, 1.807) is 0 Å². The van der Waals surface area contributed by atoms with E-state index in [0.717, 1.165) is 13.2 Å². The highest BCUT2D eigenvalue weighted by Gasteiger charge is 2.21. The monoisotopic (exact) mass is 144 g/mol. The lowest BCUT2D eigenvalue weighted by atomic mass is 10.5. The zero-order valence-corrected chi connectivity index (χ0v) is 6.80. The summed E-state index contributed by atoms with van der Waals surface area (Å²) in [5, 5.41) is 0. The third-order valence-corrected chi connectivity index (χ3v) is 1.41. The first-order valence-electron chi connectivity index (χ1n) is 4.02. The minimum absolute atomic E-state index is 0.336. The molecule has 0 atom stereocenters. The summed E-state index contributed by atoms with van der Waals surface area (Å²) in [5.74, 6) is 0. The Kier molecular flexibility index (Phi) is 3.16. The highest BCUT2D eigenvalue weighted by Crippen LogP contribution is 2.22. The highest BCUT2D eigenvalue weighted by atomic mass is 16.5. The average Bonchev–Trinajstić information content (AvgIpc) is 2.62. The molecule has 0 heterocycles. The van der Waals surface area contributed by atoms with Crippen molar-refractivity contribution in [2.75, 3.05) is 13.2 Å². The lowest BCUT2D eigenvalue weighted by Crippen LogP contribution is -2.10. The Balaban J connectivity index is 1.76. The Morgan fingerprint density at radius 2 is 2.00 bits per heavy atom. The van der Waals surface area contributed by atoms with Gasteiger partial charge in [0.2, 0.25) is 0 Å². The minimum atomic E-state index is 0.336. The van der Waals surface area contributed by atoms with Crippen molar-refractivity contribution in [2.45, 2.75) is 38.9 Å². The third kappa shape index (κ3) is 3.85. The summed E-state index contributed by atoms with van der Waals surface area (Å²) in [4.78, 5) is 0. The summed E-state index contributed by atoms with van der Waals surface area (Å²) in [5.41, 5.74) is 0. The van der Waals surface area contributed by atoms with Crippen LogP contribution >= 0.6 is 0 Å². The molecule has 2 nitrogen and oxygen atoms in total. The molecule has 0 saturated heterocycles. The van der Waals surface area contributed by atoms with Crippen LogP contribution < -0.4 is 0 Å². The van der Waals surface area contributed by atoms with Crippen LogP contribution in [0.15, 0.2) is 0 Å². The molecule has 0 amide bonds. The molecule has 0 bridgehead atoms. The minimum Gasteiger partial charge on any atom is -0.376 e. The predicted molar refractivity (Wildman–Crippen MR) is 40.1 cm³/mol. The van der Waals surface area contributed by atoms with Gasteiger partial charge in [-0.1, -0.05) is 0 Å². The molecule has 1 aliphatic carbocycles. The molecule has 60 valence electrons. The van der Waals surface area contributed by atoms with Crippen LogP contribution in [0.5, 0.6) is 0 Å². The smallest absolute Gasteiger partial charge is 0.0704 e. The van der Waals surface area contributed by atoms with Crippen molar-refractivity contribution in [1.82, 2.24) is 0 Å². The summed E-state index contributed by atoms with van der Waals surface area (Å²) >= 11 is 0. The SMILES string of the molecule is CC(C)OCCOC1CC1. The molecule has 0 unspecified atom stereocenters. The molecule has 1 rings (SSSR count). The molecule has 0 spiro atoms. The Bertz CT molecular complexity index is 83.3. The molecular formula is C8H16O2. The topological polar surface area (TPSA) is 18.5 Å². The maximum absolute atomic E-state index is 5.38. The predicted octanol–water partition coefficient (Wildman–Crippen LogP) is 1.59. The molecule has 0 aromatic carbocycles. The second-order valence-electron chi connectivity index (χ2n) is 2.99. The molecule has 0 aliphatic heterocycles. The van der Waals surface area contributed by atoms with Crippen molar-refractivity contribution < 1.29 is 9.47 Å². The number of rotatable bonds is 5. The van der Waals surface area contributed by atoms with Crippen LogP contribution in [0.1, 0.15) is 26.7 Å². The van der Waals surface area contributed by atoms with Crippen molar-refractivity contribution >= 4 is 0 Å². The molecule has 0 aromatic rings. The van der Waals surface area contributed by atoms with E-state index in [2.05, 4.69) is 0 Å². The molecule has 1 aliphatic rings. The molecule has 0 N–H and O–H groups in total. The van der Waals surface area contributed by atoms with E-state index in [1.807, 2.05) is 13.8 Å². The molecule has 0 radical (unpaired) electrons. The fraction of sp³-hybridized carbons (Fsp3) is 1.00. The summed E-state index contributed by atoms with van der Waals surface area (Å²) in [7, 11) is 0. The molecule has 1 fully saturated rings. The van der Waals surface area contributed by atoms with Crippen molar-refractivity contribution in [1.29, 1.82) is 0 Å². The molecule has 2 heteroatoms. The zero-order chi connectivity index (χ0) is 7.40. The maximum Gasteiger partial charge on any atom is 0.0704 e. The van der Waals surface area contributed by atoms with Gasteiger partial charge in [0.25, 0.3) is 0 Å². The van der Waals surface area contributed by atoms with Gasteiger partial charge in [0.15, 0.2) is 0 Å². The summed E-state index contributed by atoms with van der Waals surface area (Å²) in [6, 6.07) is 0. The number of hydrogen-bond acceptors (Lipinski definition) is 2. The first-order valence-corrected chi connectivity index (χ1v) is 4.02. The normalized spacial score (nSPS) is 18.3. The standard InChI is InChI=1S/C8H16O2/c1-7(2)9-5-6-10-8-3-4-8/h7-8H,3-6H2,1-2H3. The van der Waals surface area contributed by atoms with Crippen LogP contribution in [0.3, 0.4) is 0 Å². The zero-order valence-electron chi connectivity index (χ0n) is 6.80. The second kappa shape index (κ2) is 3.94. The Hall–Kier alpha value is -0.0800. The average molecular weight is 144 g/mol. The third-order valence-electron chi connectivity index (χ3n) is 1.41. The molecule has 1 saturated carbocycles. The summed E-state index contributed by atoms with van der Waals surface area (Å²) in [6.07, 6.45) is 3.40. The van der Waals surface area contributed by atoms with Gasteiger partial charge in [-0.3, -0.25) is 0 Å². The van der Waals surface area contributed by atoms with Crippen LogP contribution in [0.4, 0.5) is 0 Å². The maximum atomic E-state index is 5.38. The van der Waals surface area contributed by atoms with Crippen molar-refractivity contribution in [2.24, 2.45) is 0 Å². The number of hydrogen-bond donors (Lipinski definition) is 0. The van der Waals surface area contributed by atoms with E-state index >= 15 is 0 Å². The first kappa shape index (κ1) is 8.02. The van der Waals surface area contributed by atoms with Gasteiger partial charge in [-0.2, -0.15) is 0 Å². The van der Waals surface area contributed by atoms with Crippen LogP contribution in [-0.4, -0.2) is 25.4 Å². The first-order chi connectivity index (χ1) is 4.79. The second-order valence-corrected chi connectivity index (χ2v) is 2.99. The fourth-order valence-corrected chi connectivity index (χ4v) is 0.733.